The van der Waals surface area contributed by atoms with Crippen molar-refractivity contribution in [2.24, 2.45) is 0 Å². The Bertz CT molecular complexity index is 667. The number of para-hydroxylation sites is 1. The van der Waals surface area contributed by atoms with Crippen LogP contribution >= 0.6 is 0 Å². The Balaban J connectivity index is 1.93. The van der Waals surface area contributed by atoms with Crippen molar-refractivity contribution in [3.63, 3.8) is 0 Å². The Morgan fingerprint density at radius 1 is 0.778 bits per heavy atom. The third kappa shape index (κ3) is 7.45. The first-order chi connectivity index (χ1) is 13.3. The molecule has 3 nitrogen and oxygen atoms in total. The van der Waals surface area contributed by atoms with Crippen molar-refractivity contribution in [3.8, 4) is 6.07 Å². The minimum absolute atomic E-state index is 0.719. The fraction of sp³-hybridized carbons (Fsp3) is 0.458. The molecule has 2 rings (SSSR count). The zero-order valence-corrected chi connectivity index (χ0v) is 16.9. The van der Waals surface area contributed by atoms with Gasteiger partial charge in [-0.25, -0.2) is 0 Å². The summed E-state index contributed by atoms with van der Waals surface area (Å²) in [6, 6.07) is 20.8. The molecule has 144 valence electrons. The average molecular weight is 364 g/mol. The zero-order chi connectivity index (χ0) is 19.3. The summed E-state index contributed by atoms with van der Waals surface area (Å²) in [5, 5.41) is 8.99. The van der Waals surface area contributed by atoms with E-state index in [1.165, 1.54) is 56.6 Å². The fourth-order valence-corrected chi connectivity index (χ4v) is 3.45. The number of hydrogen-bond acceptors (Lipinski definition) is 3. The summed E-state index contributed by atoms with van der Waals surface area (Å²) in [4.78, 5) is 5.04. The molecule has 0 amide bonds. The molecule has 0 aliphatic carbocycles. The van der Waals surface area contributed by atoms with Gasteiger partial charge in [0.15, 0.2) is 0 Å². The van der Waals surface area contributed by atoms with Gasteiger partial charge < -0.3 is 9.80 Å². The van der Waals surface area contributed by atoms with E-state index in [9.17, 15) is 0 Å². The lowest BCUT2D eigenvalue weighted by Gasteiger charge is -2.26. The standard InChI is InChI=1S/C24H33N3/c1-3-16-26(17-4-2)18-8-9-19-27(24-10-6-5-7-11-24)21-23-14-12-22(20-25)13-15-23/h5-7,10-15H,3-4,8-9,16-19,21H2,1-2H3. The molecule has 3 heteroatoms. The van der Waals surface area contributed by atoms with Crippen LogP contribution in [0.4, 0.5) is 5.69 Å². The lowest BCUT2D eigenvalue weighted by atomic mass is 10.1. The van der Waals surface area contributed by atoms with Crippen LogP contribution < -0.4 is 4.90 Å². The summed E-state index contributed by atoms with van der Waals surface area (Å²) in [6.45, 7) is 10.1. The molecule has 0 heterocycles. The van der Waals surface area contributed by atoms with Gasteiger partial charge in [0.2, 0.25) is 0 Å². The molecule has 0 N–H and O–H groups in total. The van der Waals surface area contributed by atoms with E-state index in [4.69, 9.17) is 5.26 Å². The molecule has 0 aliphatic rings. The first-order valence-corrected chi connectivity index (χ1v) is 10.3. The largest absolute Gasteiger partial charge is 0.367 e. The van der Waals surface area contributed by atoms with E-state index in [1.54, 1.807) is 0 Å². The van der Waals surface area contributed by atoms with Gasteiger partial charge in [0.1, 0.15) is 0 Å². The minimum Gasteiger partial charge on any atom is -0.367 e. The van der Waals surface area contributed by atoms with Crippen LogP contribution in [0.15, 0.2) is 54.6 Å². The normalized spacial score (nSPS) is 10.7. The molecule has 2 aromatic carbocycles. The van der Waals surface area contributed by atoms with E-state index >= 15 is 0 Å². The fourth-order valence-electron chi connectivity index (χ4n) is 3.45. The number of nitrogens with zero attached hydrogens (tertiary/aromatic N) is 3. The summed E-state index contributed by atoms with van der Waals surface area (Å²) in [6.07, 6.45) is 4.88. The van der Waals surface area contributed by atoms with Crippen molar-refractivity contribution in [1.29, 1.82) is 5.26 Å². The maximum atomic E-state index is 8.99. The lowest BCUT2D eigenvalue weighted by Crippen LogP contribution is -2.28. The van der Waals surface area contributed by atoms with Crippen LogP contribution in [0.3, 0.4) is 0 Å². The van der Waals surface area contributed by atoms with Crippen LogP contribution in [0.2, 0.25) is 0 Å². The molecular weight excluding hydrogens is 330 g/mol. The highest BCUT2D eigenvalue weighted by Gasteiger charge is 2.08. The molecule has 0 radical (unpaired) electrons. The van der Waals surface area contributed by atoms with Crippen LogP contribution in [0.5, 0.6) is 0 Å². The van der Waals surface area contributed by atoms with Crippen LogP contribution in [0, 0.1) is 11.3 Å². The molecule has 0 atom stereocenters. The number of hydrogen-bond donors (Lipinski definition) is 0. The van der Waals surface area contributed by atoms with Crippen molar-refractivity contribution in [1.82, 2.24) is 4.90 Å². The summed E-state index contributed by atoms with van der Waals surface area (Å²) < 4.78 is 0. The molecule has 27 heavy (non-hydrogen) atoms. The quantitative estimate of drug-likeness (QED) is 0.469. The Hall–Kier alpha value is -2.31. The van der Waals surface area contributed by atoms with Gasteiger partial charge in [-0.1, -0.05) is 44.2 Å². The van der Waals surface area contributed by atoms with Crippen LogP contribution in [0.25, 0.3) is 0 Å². The summed E-state index contributed by atoms with van der Waals surface area (Å²) in [5.41, 5.74) is 3.23. The highest BCUT2D eigenvalue weighted by atomic mass is 15.1. The van der Waals surface area contributed by atoms with E-state index in [1.807, 2.05) is 12.1 Å². The highest BCUT2D eigenvalue weighted by molar-refractivity contribution is 5.47. The van der Waals surface area contributed by atoms with Gasteiger partial charge in [0.25, 0.3) is 0 Å². The Morgan fingerprint density at radius 2 is 1.41 bits per heavy atom. The van der Waals surface area contributed by atoms with Crippen LogP contribution in [-0.4, -0.2) is 31.1 Å². The molecular formula is C24H33N3. The van der Waals surface area contributed by atoms with E-state index in [-0.39, 0.29) is 0 Å². The average Bonchev–Trinajstić information content (AvgIpc) is 2.71. The van der Waals surface area contributed by atoms with E-state index in [0.29, 0.717) is 0 Å². The SMILES string of the molecule is CCCN(CCC)CCCCN(Cc1ccc(C#N)cc1)c1ccccc1. The second-order valence-corrected chi connectivity index (χ2v) is 7.11. The van der Waals surface area contributed by atoms with Gasteiger partial charge in [-0.3, -0.25) is 0 Å². The topological polar surface area (TPSA) is 30.3 Å². The number of benzene rings is 2. The third-order valence-electron chi connectivity index (χ3n) is 4.81. The number of unbranched alkanes of at least 4 members (excludes halogenated alkanes) is 1. The first-order valence-electron chi connectivity index (χ1n) is 10.3. The monoisotopic (exact) mass is 363 g/mol. The Labute approximate surface area is 165 Å². The molecule has 0 aliphatic heterocycles. The van der Waals surface area contributed by atoms with Crippen molar-refractivity contribution in [3.05, 3.63) is 65.7 Å². The molecule has 0 aromatic heterocycles. The molecule has 2 aromatic rings. The van der Waals surface area contributed by atoms with Crippen LogP contribution in [0.1, 0.15) is 50.7 Å². The smallest absolute Gasteiger partial charge is 0.0991 e. The van der Waals surface area contributed by atoms with E-state index in [0.717, 1.165) is 18.7 Å². The van der Waals surface area contributed by atoms with Gasteiger partial charge in [0.05, 0.1) is 11.6 Å². The Kier molecular flexibility index (Phi) is 9.44. The van der Waals surface area contributed by atoms with Gasteiger partial charge >= 0.3 is 0 Å². The third-order valence-corrected chi connectivity index (χ3v) is 4.81. The predicted octanol–water partition coefficient (Wildman–Crippen LogP) is 5.47. The Morgan fingerprint density at radius 3 is 2.00 bits per heavy atom. The van der Waals surface area contributed by atoms with Gasteiger partial charge in [0, 0.05) is 18.8 Å². The molecule has 0 bridgehead atoms. The first kappa shape index (κ1) is 21.0. The predicted molar refractivity (Wildman–Crippen MR) is 115 cm³/mol. The molecule has 0 saturated carbocycles. The molecule has 0 unspecified atom stereocenters. The van der Waals surface area contributed by atoms with Gasteiger partial charge in [-0.15, -0.1) is 0 Å². The molecule has 0 saturated heterocycles. The maximum absolute atomic E-state index is 8.99. The second kappa shape index (κ2) is 12.1. The minimum atomic E-state index is 0.719. The second-order valence-electron chi connectivity index (χ2n) is 7.11. The summed E-state index contributed by atoms with van der Waals surface area (Å²) in [7, 11) is 0. The number of nitriles is 1. The van der Waals surface area contributed by atoms with E-state index in [2.05, 4.69) is 72.2 Å². The number of rotatable bonds is 12. The van der Waals surface area contributed by atoms with E-state index < -0.39 is 0 Å². The lowest BCUT2D eigenvalue weighted by molar-refractivity contribution is 0.269. The maximum Gasteiger partial charge on any atom is 0.0991 e. The van der Waals surface area contributed by atoms with Crippen molar-refractivity contribution in [2.45, 2.75) is 46.1 Å². The van der Waals surface area contributed by atoms with Crippen molar-refractivity contribution in [2.75, 3.05) is 31.1 Å². The molecule has 0 fully saturated rings. The van der Waals surface area contributed by atoms with Crippen LogP contribution in [-0.2, 0) is 6.54 Å². The summed E-state index contributed by atoms with van der Waals surface area (Å²) in [5.74, 6) is 0. The van der Waals surface area contributed by atoms with Crippen molar-refractivity contribution >= 4 is 5.69 Å². The summed E-state index contributed by atoms with van der Waals surface area (Å²) >= 11 is 0. The van der Waals surface area contributed by atoms with Crippen molar-refractivity contribution < 1.29 is 0 Å². The molecule has 0 spiro atoms. The zero-order valence-electron chi connectivity index (χ0n) is 16.9. The number of anilines is 1. The van der Waals surface area contributed by atoms with Gasteiger partial charge in [-0.2, -0.15) is 5.26 Å². The highest BCUT2D eigenvalue weighted by Crippen LogP contribution is 2.18. The van der Waals surface area contributed by atoms with Gasteiger partial charge in [-0.05, 0) is 75.1 Å².